The Morgan fingerprint density at radius 1 is 1.30 bits per heavy atom. The molecular weight excluding hydrogens is 294 g/mol. The van der Waals surface area contributed by atoms with E-state index in [0.717, 1.165) is 17.1 Å². The lowest BCUT2D eigenvalue weighted by atomic mass is 10.1. The molecule has 20 heavy (non-hydrogen) atoms. The third-order valence-corrected chi connectivity index (χ3v) is 4.93. The number of amides is 1. The zero-order valence-corrected chi connectivity index (χ0v) is 12.3. The number of hydrogen-bond acceptors (Lipinski definition) is 3. The van der Waals surface area contributed by atoms with Gasteiger partial charge in [0.15, 0.2) is 0 Å². The number of thioether (sulfide) groups is 1. The molecule has 1 aliphatic heterocycles. The molecule has 0 aliphatic carbocycles. The number of furan rings is 1. The first-order valence-corrected chi connectivity index (χ1v) is 7.90. The quantitative estimate of drug-likeness (QED) is 0.808. The van der Waals surface area contributed by atoms with Gasteiger partial charge in [0.2, 0.25) is 5.91 Å². The van der Waals surface area contributed by atoms with E-state index >= 15 is 0 Å². The summed E-state index contributed by atoms with van der Waals surface area (Å²) in [6.07, 6.45) is 1.63. The van der Waals surface area contributed by atoms with Gasteiger partial charge >= 0.3 is 0 Å². The molecule has 1 amide bonds. The molecular formula is C15H14ClNO2S. The van der Waals surface area contributed by atoms with Crippen LogP contribution < -0.4 is 0 Å². The van der Waals surface area contributed by atoms with Gasteiger partial charge in [0.05, 0.1) is 6.26 Å². The van der Waals surface area contributed by atoms with E-state index in [0.29, 0.717) is 6.54 Å². The van der Waals surface area contributed by atoms with E-state index < -0.39 is 5.38 Å². The number of benzene rings is 1. The van der Waals surface area contributed by atoms with Gasteiger partial charge in [0, 0.05) is 12.3 Å². The highest BCUT2D eigenvalue weighted by atomic mass is 35.5. The Balaban J connectivity index is 1.79. The second-order valence-corrected chi connectivity index (χ2v) is 6.17. The highest BCUT2D eigenvalue weighted by Gasteiger charge is 2.35. The summed E-state index contributed by atoms with van der Waals surface area (Å²) in [5.74, 6) is 1.64. The van der Waals surface area contributed by atoms with Crippen LogP contribution in [0.4, 0.5) is 0 Å². The molecule has 1 aromatic heterocycles. The van der Waals surface area contributed by atoms with E-state index in [1.54, 1.807) is 22.9 Å². The highest BCUT2D eigenvalue weighted by molar-refractivity contribution is 7.99. The van der Waals surface area contributed by atoms with Crippen LogP contribution in [0.25, 0.3) is 0 Å². The lowest BCUT2D eigenvalue weighted by Crippen LogP contribution is -2.32. The third-order valence-electron chi connectivity index (χ3n) is 3.27. The van der Waals surface area contributed by atoms with Gasteiger partial charge in [-0.05, 0) is 17.7 Å². The maximum atomic E-state index is 12.6. The lowest BCUT2D eigenvalue weighted by Gasteiger charge is -2.24. The first-order valence-electron chi connectivity index (χ1n) is 6.42. The summed E-state index contributed by atoms with van der Waals surface area (Å²) in [4.78, 5) is 14.4. The largest absolute Gasteiger partial charge is 0.466 e. The number of halogens is 1. The molecule has 0 unspecified atom stereocenters. The first-order chi connectivity index (χ1) is 9.77. The van der Waals surface area contributed by atoms with Crippen LogP contribution in [-0.2, 0) is 4.79 Å². The lowest BCUT2D eigenvalue weighted by molar-refractivity contribution is -0.131. The molecule has 1 aliphatic rings. The Kier molecular flexibility index (Phi) is 4.03. The molecule has 3 nitrogen and oxygen atoms in total. The monoisotopic (exact) mass is 307 g/mol. The zero-order chi connectivity index (χ0) is 13.9. The second kappa shape index (κ2) is 5.94. The number of carbonyl (C=O) groups excluding carboxylic acids is 1. The topological polar surface area (TPSA) is 33.5 Å². The van der Waals surface area contributed by atoms with Crippen LogP contribution in [0.5, 0.6) is 0 Å². The SMILES string of the molecule is O=C([C@@H](Cl)c1ccccc1)N1CCS[C@@H]1c1ccco1. The predicted octanol–water partition coefficient (Wildman–Crippen LogP) is 3.83. The van der Waals surface area contributed by atoms with Crippen molar-refractivity contribution in [3.63, 3.8) is 0 Å². The fraction of sp³-hybridized carbons (Fsp3) is 0.267. The minimum Gasteiger partial charge on any atom is -0.466 e. The molecule has 104 valence electrons. The summed E-state index contributed by atoms with van der Waals surface area (Å²) in [6, 6.07) is 13.2. The Labute approximate surface area is 126 Å². The fourth-order valence-corrected chi connectivity index (χ4v) is 3.76. The van der Waals surface area contributed by atoms with Crippen LogP contribution in [0.2, 0.25) is 0 Å². The Morgan fingerprint density at radius 3 is 2.80 bits per heavy atom. The smallest absolute Gasteiger partial charge is 0.246 e. The molecule has 0 bridgehead atoms. The molecule has 2 aromatic rings. The molecule has 5 heteroatoms. The average molecular weight is 308 g/mol. The van der Waals surface area contributed by atoms with Gasteiger partial charge in [-0.15, -0.1) is 23.4 Å². The molecule has 0 saturated carbocycles. The summed E-state index contributed by atoms with van der Waals surface area (Å²) in [5.41, 5.74) is 0.828. The van der Waals surface area contributed by atoms with Crippen LogP contribution in [-0.4, -0.2) is 23.1 Å². The zero-order valence-electron chi connectivity index (χ0n) is 10.7. The van der Waals surface area contributed by atoms with Gasteiger partial charge in [-0.2, -0.15) is 0 Å². The summed E-state index contributed by atoms with van der Waals surface area (Å²) < 4.78 is 5.43. The van der Waals surface area contributed by atoms with Crippen LogP contribution >= 0.6 is 23.4 Å². The molecule has 2 atom stereocenters. The maximum Gasteiger partial charge on any atom is 0.246 e. The van der Waals surface area contributed by atoms with E-state index in [2.05, 4.69) is 0 Å². The number of hydrogen-bond donors (Lipinski definition) is 0. The summed E-state index contributed by atoms with van der Waals surface area (Å²) in [7, 11) is 0. The first kappa shape index (κ1) is 13.6. The van der Waals surface area contributed by atoms with Crippen molar-refractivity contribution in [1.29, 1.82) is 0 Å². The molecule has 1 aromatic carbocycles. The number of carbonyl (C=O) groups is 1. The second-order valence-electron chi connectivity index (χ2n) is 4.54. The molecule has 0 radical (unpaired) electrons. The van der Waals surface area contributed by atoms with Crippen molar-refractivity contribution in [3.8, 4) is 0 Å². The Morgan fingerprint density at radius 2 is 2.10 bits per heavy atom. The highest BCUT2D eigenvalue weighted by Crippen LogP contribution is 2.40. The minimum absolute atomic E-state index is 0.0655. The average Bonchev–Trinajstić information content (AvgIpc) is 3.16. The van der Waals surface area contributed by atoms with Crippen LogP contribution in [0.1, 0.15) is 22.1 Å². The van der Waals surface area contributed by atoms with Gasteiger partial charge < -0.3 is 9.32 Å². The van der Waals surface area contributed by atoms with Gasteiger partial charge in [-0.3, -0.25) is 4.79 Å². The van der Waals surface area contributed by atoms with Gasteiger partial charge in [0.25, 0.3) is 0 Å². The van der Waals surface area contributed by atoms with Crippen molar-refractivity contribution in [1.82, 2.24) is 4.90 Å². The third kappa shape index (κ3) is 2.58. The standard InChI is InChI=1S/C15H14ClNO2S/c16-13(11-5-2-1-3-6-11)14(18)17-8-10-20-15(17)12-7-4-9-19-12/h1-7,9,13,15H,8,10H2/t13-,15+/m0/s1. The molecule has 0 N–H and O–H groups in total. The molecule has 1 saturated heterocycles. The Hall–Kier alpha value is -1.39. The summed E-state index contributed by atoms with van der Waals surface area (Å²) in [5, 5.41) is -0.713. The van der Waals surface area contributed by atoms with Gasteiger partial charge in [-0.25, -0.2) is 0 Å². The minimum atomic E-state index is -0.646. The van der Waals surface area contributed by atoms with Crippen molar-refractivity contribution in [2.45, 2.75) is 10.8 Å². The number of nitrogens with zero attached hydrogens (tertiary/aromatic N) is 1. The molecule has 3 rings (SSSR count). The van der Waals surface area contributed by atoms with Crippen LogP contribution in [0.3, 0.4) is 0 Å². The number of alkyl halides is 1. The van der Waals surface area contributed by atoms with Crippen LogP contribution in [0.15, 0.2) is 53.1 Å². The van der Waals surface area contributed by atoms with E-state index in [1.807, 2.05) is 42.5 Å². The van der Waals surface area contributed by atoms with Gasteiger partial charge in [0.1, 0.15) is 16.5 Å². The van der Waals surface area contributed by atoms with Crippen molar-refractivity contribution in [3.05, 3.63) is 60.1 Å². The van der Waals surface area contributed by atoms with E-state index in [9.17, 15) is 4.79 Å². The van der Waals surface area contributed by atoms with E-state index in [1.165, 1.54) is 0 Å². The maximum absolute atomic E-state index is 12.6. The van der Waals surface area contributed by atoms with Crippen LogP contribution in [0, 0.1) is 0 Å². The van der Waals surface area contributed by atoms with Crippen molar-refractivity contribution < 1.29 is 9.21 Å². The molecule has 2 heterocycles. The van der Waals surface area contributed by atoms with E-state index in [-0.39, 0.29) is 11.3 Å². The summed E-state index contributed by atoms with van der Waals surface area (Å²) in [6.45, 7) is 0.699. The fourth-order valence-electron chi connectivity index (χ4n) is 2.27. The van der Waals surface area contributed by atoms with Crippen molar-refractivity contribution in [2.75, 3.05) is 12.3 Å². The number of rotatable bonds is 3. The van der Waals surface area contributed by atoms with Crippen molar-refractivity contribution >= 4 is 29.3 Å². The Bertz CT molecular complexity index is 573. The van der Waals surface area contributed by atoms with Gasteiger partial charge in [-0.1, -0.05) is 30.3 Å². The molecule has 0 spiro atoms. The van der Waals surface area contributed by atoms with E-state index in [4.69, 9.17) is 16.0 Å². The molecule has 1 fully saturated rings. The summed E-state index contributed by atoms with van der Waals surface area (Å²) >= 11 is 8.03. The van der Waals surface area contributed by atoms with Crippen molar-refractivity contribution in [2.24, 2.45) is 0 Å². The predicted molar refractivity (Wildman–Crippen MR) is 80.7 cm³/mol. The normalized spacial score (nSPS) is 20.1.